The van der Waals surface area contributed by atoms with Crippen LogP contribution in [0.4, 0.5) is 0 Å². The number of rotatable bonds is 8. The van der Waals surface area contributed by atoms with E-state index in [1.165, 1.54) is 35.0 Å². The number of Topliss-reactive ketones (excluding diaryl/α,β-unsaturated/α-hetero) is 1. The molecule has 32 heavy (non-hydrogen) atoms. The smallest absolute Gasteiger partial charge is 0.308 e. The van der Waals surface area contributed by atoms with Crippen LogP contribution < -0.4 is 28.4 Å². The first kappa shape index (κ1) is 22.9. The van der Waals surface area contributed by atoms with Gasteiger partial charge in [-0.15, -0.1) is 0 Å². The lowest BCUT2D eigenvalue weighted by Crippen LogP contribution is -2.12. The molecule has 1 aliphatic rings. The van der Waals surface area contributed by atoms with Crippen molar-refractivity contribution in [2.45, 2.75) is 33.1 Å². The number of hydrogen-bond donors (Lipinski definition) is 0. The second-order valence-electron chi connectivity index (χ2n) is 7.14. The molecule has 0 fully saturated rings. The first-order valence-corrected chi connectivity index (χ1v) is 9.79. The highest BCUT2D eigenvalue weighted by molar-refractivity contribution is 5.78. The summed E-state index contributed by atoms with van der Waals surface area (Å²) in [4.78, 5) is 35.5. The van der Waals surface area contributed by atoms with Gasteiger partial charge in [0.15, 0.2) is 23.0 Å². The SMILES string of the molecule is COc1cc([C@H](CC(C)=O)c2cc3c(cc2OC(C)=O)OCO3)cc(OC)c1OC(C)=O. The summed E-state index contributed by atoms with van der Waals surface area (Å²) < 4.78 is 32.4. The van der Waals surface area contributed by atoms with Crippen LogP contribution in [-0.4, -0.2) is 38.7 Å². The minimum Gasteiger partial charge on any atom is -0.493 e. The fraction of sp³-hybridized carbons (Fsp3) is 0.348. The molecule has 0 spiro atoms. The molecule has 2 aromatic rings. The molecule has 2 aromatic carbocycles. The van der Waals surface area contributed by atoms with Gasteiger partial charge in [0.2, 0.25) is 12.5 Å². The maximum Gasteiger partial charge on any atom is 0.308 e. The lowest BCUT2D eigenvalue weighted by molar-refractivity contribution is -0.133. The summed E-state index contributed by atoms with van der Waals surface area (Å²) in [6.07, 6.45) is 0.0904. The molecule has 0 saturated heterocycles. The third kappa shape index (κ3) is 4.93. The van der Waals surface area contributed by atoms with Crippen LogP contribution in [0.25, 0.3) is 0 Å². The summed E-state index contributed by atoms with van der Waals surface area (Å²) in [5.74, 6) is 0.0694. The summed E-state index contributed by atoms with van der Waals surface area (Å²) in [6, 6.07) is 6.55. The normalized spacial score (nSPS) is 12.7. The van der Waals surface area contributed by atoms with Crippen molar-refractivity contribution in [2.75, 3.05) is 21.0 Å². The molecule has 3 rings (SSSR count). The summed E-state index contributed by atoms with van der Waals surface area (Å²) >= 11 is 0. The highest BCUT2D eigenvalue weighted by atomic mass is 16.7. The van der Waals surface area contributed by atoms with E-state index in [0.717, 1.165) is 0 Å². The van der Waals surface area contributed by atoms with Crippen LogP contribution >= 0.6 is 0 Å². The van der Waals surface area contributed by atoms with Crippen molar-refractivity contribution in [1.29, 1.82) is 0 Å². The van der Waals surface area contributed by atoms with Crippen LogP contribution in [0.15, 0.2) is 24.3 Å². The third-order valence-corrected chi connectivity index (χ3v) is 4.76. The maximum atomic E-state index is 12.2. The molecule has 0 aromatic heterocycles. The molecule has 0 unspecified atom stereocenters. The van der Waals surface area contributed by atoms with E-state index in [1.807, 2.05) is 0 Å². The molecular formula is C23H24O9. The van der Waals surface area contributed by atoms with E-state index >= 15 is 0 Å². The van der Waals surface area contributed by atoms with Crippen molar-refractivity contribution in [3.63, 3.8) is 0 Å². The second-order valence-corrected chi connectivity index (χ2v) is 7.14. The Morgan fingerprint density at radius 3 is 1.91 bits per heavy atom. The van der Waals surface area contributed by atoms with E-state index in [1.54, 1.807) is 24.3 Å². The van der Waals surface area contributed by atoms with Crippen LogP contribution in [0, 0.1) is 0 Å². The van der Waals surface area contributed by atoms with Crippen molar-refractivity contribution in [3.05, 3.63) is 35.4 Å². The molecule has 1 aliphatic heterocycles. The molecule has 0 radical (unpaired) electrons. The zero-order valence-corrected chi connectivity index (χ0v) is 18.5. The zero-order chi connectivity index (χ0) is 23.4. The molecule has 0 bridgehead atoms. The average Bonchev–Trinajstić information content (AvgIpc) is 3.18. The Bertz CT molecular complexity index is 1030. The quantitative estimate of drug-likeness (QED) is 0.447. The summed E-state index contributed by atoms with van der Waals surface area (Å²) in [5, 5.41) is 0. The topological polar surface area (TPSA) is 107 Å². The van der Waals surface area contributed by atoms with Crippen molar-refractivity contribution < 1.29 is 42.8 Å². The number of carbonyl (C=O) groups is 3. The van der Waals surface area contributed by atoms with Gasteiger partial charge in [0, 0.05) is 37.8 Å². The van der Waals surface area contributed by atoms with Gasteiger partial charge in [0.1, 0.15) is 11.5 Å². The highest BCUT2D eigenvalue weighted by Gasteiger charge is 2.28. The third-order valence-electron chi connectivity index (χ3n) is 4.76. The van der Waals surface area contributed by atoms with Crippen LogP contribution in [0.5, 0.6) is 34.5 Å². The first-order chi connectivity index (χ1) is 15.2. The molecule has 9 nitrogen and oxygen atoms in total. The van der Waals surface area contributed by atoms with Gasteiger partial charge < -0.3 is 28.4 Å². The highest BCUT2D eigenvalue weighted by Crippen LogP contribution is 2.47. The lowest BCUT2D eigenvalue weighted by atomic mass is 9.86. The minimum atomic E-state index is -0.550. The Hall–Kier alpha value is -3.75. The molecule has 9 heteroatoms. The maximum absolute atomic E-state index is 12.2. The van der Waals surface area contributed by atoms with Crippen molar-refractivity contribution in [1.82, 2.24) is 0 Å². The van der Waals surface area contributed by atoms with E-state index in [9.17, 15) is 14.4 Å². The number of ketones is 1. The summed E-state index contributed by atoms with van der Waals surface area (Å²) in [7, 11) is 2.85. The van der Waals surface area contributed by atoms with Crippen LogP contribution in [0.1, 0.15) is 44.2 Å². The number of fused-ring (bicyclic) bond motifs is 1. The van der Waals surface area contributed by atoms with Gasteiger partial charge in [-0.05, 0) is 30.7 Å². The molecule has 1 heterocycles. The van der Waals surface area contributed by atoms with E-state index in [4.69, 9.17) is 28.4 Å². The molecule has 0 saturated carbocycles. The van der Waals surface area contributed by atoms with E-state index < -0.39 is 17.9 Å². The number of hydrogen-bond acceptors (Lipinski definition) is 9. The molecule has 0 amide bonds. The standard InChI is InChI=1S/C23H24O9/c1-12(24)6-16(15-7-21(27-4)23(32-14(3)26)22(8-15)28-5)17-9-19-20(30-11-29-19)10-18(17)31-13(2)25/h7-10,16H,6,11H2,1-5H3/t16-/m0/s1. The Kier molecular flexibility index (Phi) is 6.87. The van der Waals surface area contributed by atoms with Crippen molar-refractivity contribution in [2.24, 2.45) is 0 Å². The second kappa shape index (κ2) is 9.59. The average molecular weight is 444 g/mol. The van der Waals surface area contributed by atoms with Crippen LogP contribution in [-0.2, 0) is 14.4 Å². The van der Waals surface area contributed by atoms with E-state index in [0.29, 0.717) is 22.6 Å². The predicted molar refractivity (Wildman–Crippen MR) is 112 cm³/mol. The largest absolute Gasteiger partial charge is 0.493 e. The van der Waals surface area contributed by atoms with Gasteiger partial charge >= 0.3 is 11.9 Å². The summed E-state index contributed by atoms with van der Waals surface area (Å²) in [5.41, 5.74) is 1.17. The van der Waals surface area contributed by atoms with E-state index in [-0.39, 0.29) is 42.0 Å². The van der Waals surface area contributed by atoms with Crippen molar-refractivity contribution >= 4 is 17.7 Å². The summed E-state index contributed by atoms with van der Waals surface area (Å²) in [6.45, 7) is 4.05. The van der Waals surface area contributed by atoms with Gasteiger partial charge in [0.25, 0.3) is 0 Å². The number of benzene rings is 2. The predicted octanol–water partition coefficient (Wildman–Crippen LogP) is 3.39. The lowest BCUT2D eigenvalue weighted by Gasteiger charge is -2.22. The first-order valence-electron chi connectivity index (χ1n) is 9.79. The van der Waals surface area contributed by atoms with Gasteiger partial charge in [-0.1, -0.05) is 0 Å². The van der Waals surface area contributed by atoms with Gasteiger partial charge in [-0.2, -0.15) is 0 Å². The fourth-order valence-electron chi connectivity index (χ4n) is 3.50. The Labute approximate surface area is 185 Å². The number of methoxy groups -OCH3 is 2. The Balaban J connectivity index is 2.21. The zero-order valence-electron chi connectivity index (χ0n) is 18.5. The van der Waals surface area contributed by atoms with Crippen LogP contribution in [0.3, 0.4) is 0 Å². The van der Waals surface area contributed by atoms with Crippen molar-refractivity contribution in [3.8, 4) is 34.5 Å². The van der Waals surface area contributed by atoms with Gasteiger partial charge in [-0.25, -0.2) is 0 Å². The minimum absolute atomic E-state index is 0.0361. The molecular weight excluding hydrogens is 420 g/mol. The van der Waals surface area contributed by atoms with Gasteiger partial charge in [-0.3, -0.25) is 14.4 Å². The van der Waals surface area contributed by atoms with E-state index in [2.05, 4.69) is 0 Å². The Morgan fingerprint density at radius 1 is 0.844 bits per heavy atom. The molecule has 0 aliphatic carbocycles. The monoisotopic (exact) mass is 444 g/mol. The number of carbonyl (C=O) groups excluding carboxylic acids is 3. The molecule has 0 N–H and O–H groups in total. The number of esters is 2. The van der Waals surface area contributed by atoms with Crippen LogP contribution in [0.2, 0.25) is 0 Å². The number of ether oxygens (including phenoxy) is 6. The fourth-order valence-corrected chi connectivity index (χ4v) is 3.50. The molecule has 1 atom stereocenters. The Morgan fingerprint density at radius 2 is 1.41 bits per heavy atom. The molecule has 170 valence electrons. The van der Waals surface area contributed by atoms with Gasteiger partial charge in [0.05, 0.1) is 14.2 Å².